The van der Waals surface area contributed by atoms with Crippen LogP contribution in [0.25, 0.3) is 0 Å². The van der Waals surface area contributed by atoms with Crippen LogP contribution in [0.2, 0.25) is 0 Å². The molecule has 16 heavy (non-hydrogen) atoms. The number of hydrogen-bond donors (Lipinski definition) is 1. The molecule has 1 aromatic rings. The van der Waals surface area contributed by atoms with Crippen molar-refractivity contribution < 1.29 is 19.3 Å². The number of benzene rings is 1. The number of rotatable bonds is 5. The molecule has 0 saturated carbocycles. The molecule has 0 heterocycles. The monoisotopic (exact) mass is 223 g/mol. The molecule has 0 unspecified atom stereocenters. The lowest BCUT2D eigenvalue weighted by Gasteiger charge is -2.13. The van der Waals surface area contributed by atoms with Crippen molar-refractivity contribution in [2.24, 2.45) is 0 Å². The van der Waals surface area contributed by atoms with Crippen molar-refractivity contribution in [2.75, 3.05) is 20.8 Å². The summed E-state index contributed by atoms with van der Waals surface area (Å²) in [7, 11) is 2.96. The number of nitrogens with zero attached hydrogens (tertiary/aromatic N) is 1. The van der Waals surface area contributed by atoms with E-state index >= 15 is 0 Å². The second-order valence-electron chi connectivity index (χ2n) is 2.93. The molecule has 0 aromatic heterocycles. The third-order valence-electron chi connectivity index (χ3n) is 1.98. The van der Waals surface area contributed by atoms with Gasteiger partial charge in [0.1, 0.15) is 6.07 Å². The van der Waals surface area contributed by atoms with Crippen LogP contribution >= 0.6 is 0 Å². The smallest absolute Gasteiger partial charge is 0.204 e. The Balaban J connectivity index is 3.15. The fourth-order valence-electron chi connectivity index (χ4n) is 1.27. The molecule has 0 aliphatic rings. The van der Waals surface area contributed by atoms with Gasteiger partial charge in [-0.2, -0.15) is 5.26 Å². The zero-order valence-electron chi connectivity index (χ0n) is 9.19. The molecule has 0 fully saturated rings. The summed E-state index contributed by atoms with van der Waals surface area (Å²) in [6.07, 6.45) is 0. The average Bonchev–Trinajstić information content (AvgIpc) is 2.35. The van der Waals surface area contributed by atoms with Gasteiger partial charge in [0.05, 0.1) is 20.8 Å². The van der Waals surface area contributed by atoms with Crippen LogP contribution in [-0.2, 0) is 6.61 Å². The molecule has 0 amide bonds. The van der Waals surface area contributed by atoms with E-state index in [0.717, 1.165) is 0 Å². The van der Waals surface area contributed by atoms with E-state index in [9.17, 15) is 0 Å². The van der Waals surface area contributed by atoms with Gasteiger partial charge >= 0.3 is 0 Å². The zero-order valence-corrected chi connectivity index (χ0v) is 9.19. The van der Waals surface area contributed by atoms with E-state index in [1.54, 1.807) is 12.1 Å². The van der Waals surface area contributed by atoms with Crippen LogP contribution in [0.1, 0.15) is 5.56 Å². The van der Waals surface area contributed by atoms with Crippen LogP contribution in [0.15, 0.2) is 12.1 Å². The van der Waals surface area contributed by atoms with Crippen LogP contribution in [0.4, 0.5) is 0 Å². The molecule has 0 saturated heterocycles. The largest absolute Gasteiger partial charge is 0.493 e. The standard InChI is InChI=1S/C11H13NO4/c1-14-9-5-8(7-13)6-10(15-2)11(9)16-4-3-12/h5-6,13H,4,7H2,1-2H3. The van der Waals surface area contributed by atoms with Gasteiger partial charge in [0.15, 0.2) is 18.1 Å². The molecular weight excluding hydrogens is 210 g/mol. The van der Waals surface area contributed by atoms with Crippen molar-refractivity contribution in [1.29, 1.82) is 5.26 Å². The van der Waals surface area contributed by atoms with Crippen LogP contribution in [-0.4, -0.2) is 25.9 Å². The first-order chi connectivity index (χ1) is 7.76. The summed E-state index contributed by atoms with van der Waals surface area (Å²) in [6.45, 7) is -0.212. The molecule has 0 atom stereocenters. The topological polar surface area (TPSA) is 71.7 Å². The fraction of sp³-hybridized carbons (Fsp3) is 0.364. The summed E-state index contributed by atoms with van der Waals surface area (Å²) in [4.78, 5) is 0. The highest BCUT2D eigenvalue weighted by molar-refractivity contribution is 5.53. The normalized spacial score (nSPS) is 9.38. The summed E-state index contributed by atoms with van der Waals surface area (Å²) >= 11 is 0. The zero-order chi connectivity index (χ0) is 12.0. The van der Waals surface area contributed by atoms with Crippen LogP contribution in [0, 0.1) is 11.3 Å². The molecule has 5 nitrogen and oxygen atoms in total. The van der Waals surface area contributed by atoms with Gasteiger partial charge in [-0.25, -0.2) is 0 Å². The summed E-state index contributed by atoms with van der Waals surface area (Å²) < 4.78 is 15.4. The molecule has 0 bridgehead atoms. The van der Waals surface area contributed by atoms with Gasteiger partial charge in [0.25, 0.3) is 0 Å². The van der Waals surface area contributed by atoms with Crippen molar-refractivity contribution in [1.82, 2.24) is 0 Å². The van der Waals surface area contributed by atoms with Crippen LogP contribution < -0.4 is 14.2 Å². The Labute approximate surface area is 93.8 Å². The Hall–Kier alpha value is -1.93. The second-order valence-corrected chi connectivity index (χ2v) is 2.93. The quantitative estimate of drug-likeness (QED) is 0.809. The van der Waals surface area contributed by atoms with Crippen molar-refractivity contribution in [3.8, 4) is 23.3 Å². The van der Waals surface area contributed by atoms with E-state index in [1.165, 1.54) is 14.2 Å². The van der Waals surface area contributed by atoms with Crippen molar-refractivity contribution >= 4 is 0 Å². The minimum atomic E-state index is -0.120. The van der Waals surface area contributed by atoms with E-state index in [4.69, 9.17) is 24.6 Å². The minimum absolute atomic E-state index is 0.0921. The van der Waals surface area contributed by atoms with Gasteiger partial charge in [0, 0.05) is 0 Å². The maximum Gasteiger partial charge on any atom is 0.204 e. The molecular formula is C11H13NO4. The van der Waals surface area contributed by atoms with E-state index in [1.807, 2.05) is 6.07 Å². The predicted molar refractivity (Wildman–Crippen MR) is 56.6 cm³/mol. The first-order valence-electron chi connectivity index (χ1n) is 4.62. The highest BCUT2D eigenvalue weighted by Gasteiger charge is 2.13. The summed E-state index contributed by atoms with van der Waals surface area (Å²) in [5.74, 6) is 1.22. The lowest BCUT2D eigenvalue weighted by molar-refractivity contribution is 0.275. The van der Waals surface area contributed by atoms with Gasteiger partial charge in [-0.3, -0.25) is 0 Å². The average molecular weight is 223 g/mol. The molecule has 86 valence electrons. The third kappa shape index (κ3) is 2.55. The number of aliphatic hydroxyl groups excluding tert-OH is 1. The minimum Gasteiger partial charge on any atom is -0.493 e. The Morgan fingerprint density at radius 3 is 2.19 bits per heavy atom. The summed E-state index contributed by atoms with van der Waals surface area (Å²) in [5, 5.41) is 17.5. The van der Waals surface area contributed by atoms with E-state index < -0.39 is 0 Å². The predicted octanol–water partition coefficient (Wildman–Crippen LogP) is 1.10. The fourth-order valence-corrected chi connectivity index (χ4v) is 1.27. The number of ether oxygens (including phenoxy) is 3. The first-order valence-corrected chi connectivity index (χ1v) is 4.62. The Morgan fingerprint density at radius 1 is 1.25 bits per heavy atom. The Bertz CT molecular complexity index is 372. The SMILES string of the molecule is COc1cc(CO)cc(OC)c1OCC#N. The first kappa shape index (κ1) is 12.1. The Morgan fingerprint density at radius 2 is 1.81 bits per heavy atom. The molecule has 1 aromatic carbocycles. The summed E-state index contributed by atoms with van der Waals surface area (Å²) in [6, 6.07) is 5.13. The molecule has 0 spiro atoms. The van der Waals surface area contributed by atoms with E-state index in [-0.39, 0.29) is 13.2 Å². The highest BCUT2D eigenvalue weighted by Crippen LogP contribution is 2.38. The van der Waals surface area contributed by atoms with Crippen molar-refractivity contribution in [3.63, 3.8) is 0 Å². The van der Waals surface area contributed by atoms with Gasteiger partial charge in [-0.05, 0) is 17.7 Å². The molecule has 1 rings (SSSR count). The van der Waals surface area contributed by atoms with Crippen LogP contribution in [0.3, 0.4) is 0 Å². The van der Waals surface area contributed by atoms with Gasteiger partial charge < -0.3 is 19.3 Å². The maximum atomic E-state index is 9.04. The third-order valence-corrected chi connectivity index (χ3v) is 1.98. The molecule has 5 heteroatoms. The van der Waals surface area contributed by atoms with E-state index in [0.29, 0.717) is 22.8 Å². The maximum absolute atomic E-state index is 9.04. The lowest BCUT2D eigenvalue weighted by Crippen LogP contribution is -2.00. The molecule has 0 aliphatic carbocycles. The number of methoxy groups -OCH3 is 2. The van der Waals surface area contributed by atoms with Crippen molar-refractivity contribution in [2.45, 2.75) is 6.61 Å². The van der Waals surface area contributed by atoms with Crippen molar-refractivity contribution in [3.05, 3.63) is 17.7 Å². The second kappa shape index (κ2) is 5.83. The molecule has 0 radical (unpaired) electrons. The molecule has 1 N–H and O–H groups in total. The van der Waals surface area contributed by atoms with Gasteiger partial charge in [0.2, 0.25) is 5.75 Å². The van der Waals surface area contributed by atoms with Gasteiger partial charge in [-0.15, -0.1) is 0 Å². The number of nitriles is 1. The highest BCUT2D eigenvalue weighted by atomic mass is 16.5. The van der Waals surface area contributed by atoms with Crippen LogP contribution in [0.5, 0.6) is 17.2 Å². The number of hydrogen-bond acceptors (Lipinski definition) is 5. The lowest BCUT2D eigenvalue weighted by atomic mass is 10.2. The van der Waals surface area contributed by atoms with Gasteiger partial charge in [-0.1, -0.05) is 0 Å². The molecule has 0 aliphatic heterocycles. The number of aliphatic hydroxyl groups is 1. The summed E-state index contributed by atoms with van der Waals surface area (Å²) in [5.41, 5.74) is 0.651. The Kier molecular flexibility index (Phi) is 4.42. The van der Waals surface area contributed by atoms with E-state index in [2.05, 4.69) is 0 Å².